The molecule has 12 N–H and O–H groups in total. The summed E-state index contributed by atoms with van der Waals surface area (Å²) in [5.74, 6) is 0.604. The van der Waals surface area contributed by atoms with Crippen LogP contribution < -0.4 is 17.2 Å². The van der Waals surface area contributed by atoms with Crippen molar-refractivity contribution < 1.29 is 105 Å². The number of aromatic nitrogens is 12. The van der Waals surface area contributed by atoms with Crippen LogP contribution in [0.2, 0.25) is 0 Å². The summed E-state index contributed by atoms with van der Waals surface area (Å²) in [4.78, 5) is 66.7. The van der Waals surface area contributed by atoms with Crippen LogP contribution in [0.15, 0.2) is 38.0 Å². The van der Waals surface area contributed by atoms with Crippen LogP contribution in [0.3, 0.4) is 0 Å². The molecule has 41 heteroatoms. The fourth-order valence-corrected chi connectivity index (χ4v) is 10.7. The highest BCUT2D eigenvalue weighted by Gasteiger charge is 2.54. The lowest BCUT2D eigenvalue weighted by atomic mass is 10.1. The van der Waals surface area contributed by atoms with Gasteiger partial charge in [-0.2, -0.15) is 0 Å². The third-order valence-corrected chi connectivity index (χ3v) is 14.8. The van der Waals surface area contributed by atoms with Crippen molar-refractivity contribution in [1.29, 1.82) is 0 Å². The first-order chi connectivity index (χ1) is 41.5. The van der Waals surface area contributed by atoms with E-state index in [2.05, 4.69) is 49.8 Å². The first-order valence-electron chi connectivity index (χ1n) is 26.2. The third kappa shape index (κ3) is 16.8. The second-order valence-electron chi connectivity index (χ2n) is 18.8. The van der Waals surface area contributed by atoms with E-state index in [-0.39, 0.29) is 43.4 Å². The zero-order valence-corrected chi connectivity index (χ0v) is 49.7. The van der Waals surface area contributed by atoms with Crippen LogP contribution in [0.4, 0.5) is 17.5 Å². The van der Waals surface area contributed by atoms with E-state index in [0.29, 0.717) is 72.9 Å². The van der Waals surface area contributed by atoms with Gasteiger partial charge in [-0.25, -0.2) is 44.9 Å². The van der Waals surface area contributed by atoms with Crippen molar-refractivity contribution >= 4 is 75.7 Å². The SMILES string of the molecule is COCCN(CCOC)CCOC1[C@@H](O[P+](=O)O)[C@@H](CO)O[C@H]1n1cnc2c(N)ncnc21.COCCOC1[C@@H](O[P+](=O)O)[C@@H](CO)O[C@H]1n1cnc2c(N)ncnc21.CO[C@@H](C)COC1[C@@H](O[P+](=O)O)[C@@H](CO)O[C@H]1n1cnc2c(N)ncnc21. The molecule has 3 aliphatic heterocycles. The Balaban J connectivity index is 0.000000186. The molecule has 3 fully saturated rings. The largest absolute Gasteiger partial charge is 0.695 e. The minimum Gasteiger partial charge on any atom is -0.394 e. The Labute approximate surface area is 491 Å². The van der Waals surface area contributed by atoms with Crippen molar-refractivity contribution in [2.24, 2.45) is 0 Å². The highest BCUT2D eigenvalue weighted by atomic mass is 31.1. The van der Waals surface area contributed by atoms with Crippen molar-refractivity contribution in [2.45, 2.75) is 86.6 Å². The second-order valence-corrected chi connectivity index (χ2v) is 20.8. The van der Waals surface area contributed by atoms with Crippen LogP contribution in [0.5, 0.6) is 0 Å². The number of rotatable bonds is 30. The number of nitrogens with two attached hydrogens (primary N) is 3. The summed E-state index contributed by atoms with van der Waals surface area (Å²) < 4.78 is 110. The van der Waals surface area contributed by atoms with E-state index in [1.807, 2.05) is 0 Å². The van der Waals surface area contributed by atoms with E-state index < -0.39 is 118 Å². The van der Waals surface area contributed by atoms with E-state index in [9.17, 15) is 38.8 Å². The van der Waals surface area contributed by atoms with Gasteiger partial charge in [0, 0.05) is 61.8 Å². The third-order valence-electron chi connectivity index (χ3n) is 13.5. The number of methoxy groups -OCH3 is 4. The first-order valence-corrected chi connectivity index (χ1v) is 29.5. The molecule has 3 aliphatic rings. The van der Waals surface area contributed by atoms with Gasteiger partial charge in [-0.05, 0) is 6.92 Å². The fourth-order valence-electron chi connectivity index (χ4n) is 9.31. The molecule has 0 amide bonds. The Kier molecular flexibility index (Phi) is 26.3. The topological polar surface area (TPSA) is 505 Å². The van der Waals surface area contributed by atoms with E-state index in [1.165, 1.54) is 52.2 Å². The standard InChI is InChI=1S/C18H29N6O8P.C14H20N5O7P.C13H18N5O7P/c1-28-6-3-23(4-7-29-2)5-8-30-15-14(32-33(26)27)12(9-25)31-18(15)24-11-22-13-16(19)20-10-21-17(13)24;1-7(23-2)4-24-11-10(26-27(21)22)8(3-20)25-14(11)19-6-18-9-12(15)16-5-17-13(9)19;1-22-2-3-23-10-9(25-26(20)21)7(4-19)24-13(10)18-6-17-8-11(14)15-5-16-12(8)18/h10-12,14-15,18,25H,3-9H2,1-2H3,(H2-,19,20,21,26,27);5-8,10-11,14,20H,3-4H2,1-2H3,(H2-,15,16,17,21,22);5-7,9-10,13,19H,2-4H2,1H3,(H2-,14,15,16,20,21)/p+3/t12-,14+,15?,18-;7-,8+,10-,11?,14+;7-,9+,10?,13-/m101/s1. The zero-order valence-electron chi connectivity index (χ0n) is 47.1. The van der Waals surface area contributed by atoms with Crippen molar-refractivity contribution in [1.82, 2.24) is 63.5 Å². The molecule has 6 unspecified atom stereocenters. The Morgan fingerprint density at radius 1 is 0.500 bits per heavy atom. The highest BCUT2D eigenvalue weighted by Crippen LogP contribution is 2.42. The lowest BCUT2D eigenvalue weighted by Gasteiger charge is -2.25. The normalized spacial score (nSPS) is 25.6. The predicted molar refractivity (Wildman–Crippen MR) is 294 cm³/mol. The number of fused-ring (bicyclic) bond motifs is 3. The maximum Gasteiger partial charge on any atom is 0.695 e. The van der Waals surface area contributed by atoms with Crippen LogP contribution in [-0.2, 0) is 74.6 Å². The van der Waals surface area contributed by atoms with Gasteiger partial charge in [0.2, 0.25) is 0 Å². The Bertz CT molecular complexity index is 3120. The molecule has 16 atom stereocenters. The number of imidazole rings is 3. The minimum absolute atomic E-state index is 0.172. The summed E-state index contributed by atoms with van der Waals surface area (Å²) in [6.45, 7) is 4.38. The summed E-state index contributed by atoms with van der Waals surface area (Å²) in [5, 5.41) is 29.0. The van der Waals surface area contributed by atoms with Gasteiger partial charge in [0.25, 0.3) is 0 Å². The van der Waals surface area contributed by atoms with E-state index in [0.717, 1.165) is 0 Å². The minimum atomic E-state index is -2.97. The summed E-state index contributed by atoms with van der Waals surface area (Å²) in [6, 6.07) is 0. The molecule has 474 valence electrons. The first kappa shape index (κ1) is 68.0. The Morgan fingerprint density at radius 3 is 1.16 bits per heavy atom. The van der Waals surface area contributed by atoms with E-state index in [4.69, 9.17) is 83.0 Å². The number of nitrogens with zero attached hydrogens (tertiary/aromatic N) is 13. The van der Waals surface area contributed by atoms with Crippen LogP contribution in [0.1, 0.15) is 25.6 Å². The van der Waals surface area contributed by atoms with Gasteiger partial charge in [-0.3, -0.25) is 18.6 Å². The molecular weight excluding hydrogens is 1210 g/mol. The van der Waals surface area contributed by atoms with Gasteiger partial charge in [0.15, 0.2) is 71.4 Å². The Morgan fingerprint density at radius 2 is 0.837 bits per heavy atom. The van der Waals surface area contributed by atoms with Crippen LogP contribution in [0, 0.1) is 0 Å². The average molecular weight is 1280 g/mol. The maximum absolute atomic E-state index is 11.5. The maximum atomic E-state index is 11.5. The van der Waals surface area contributed by atoms with Gasteiger partial charge >= 0.3 is 24.8 Å². The van der Waals surface area contributed by atoms with Gasteiger partial charge in [-0.1, -0.05) is 0 Å². The molecule has 3 saturated heterocycles. The molecule has 0 spiro atoms. The fraction of sp³-hybridized carbons (Fsp3) is 0.667. The molecule has 9 rings (SSSR count). The lowest BCUT2D eigenvalue weighted by molar-refractivity contribution is -0.0900. The number of nitrogen functional groups attached to an aromatic ring is 3. The Hall–Kier alpha value is -5.45. The summed E-state index contributed by atoms with van der Waals surface area (Å²) in [6.07, 6.45) is -2.62. The van der Waals surface area contributed by atoms with E-state index in [1.54, 1.807) is 34.8 Å². The number of ether oxygens (including phenoxy) is 10. The molecule has 0 bridgehead atoms. The number of aliphatic hydroxyl groups excluding tert-OH is 3. The van der Waals surface area contributed by atoms with Gasteiger partial charge < -0.3 is 79.9 Å². The summed E-state index contributed by atoms with van der Waals surface area (Å²) in [5.41, 5.74) is 19.8. The number of anilines is 3. The monoisotopic (exact) mass is 1280 g/mol. The molecule has 86 heavy (non-hydrogen) atoms. The molecule has 38 nitrogen and oxygen atoms in total. The average Bonchev–Trinajstić information content (AvgIpc) is 1.76. The molecule has 0 aromatic carbocycles. The highest BCUT2D eigenvalue weighted by molar-refractivity contribution is 7.32. The van der Waals surface area contributed by atoms with Crippen molar-refractivity contribution in [3.05, 3.63) is 38.0 Å². The van der Waals surface area contributed by atoms with Crippen LogP contribution in [0.25, 0.3) is 33.5 Å². The number of hydrogen-bond donors (Lipinski definition) is 9. The quantitative estimate of drug-likeness (QED) is 0.0182. The summed E-state index contributed by atoms with van der Waals surface area (Å²) >= 11 is 0. The zero-order chi connectivity index (χ0) is 62.0. The second kappa shape index (κ2) is 33.2. The lowest BCUT2D eigenvalue weighted by Crippen LogP contribution is -2.39. The van der Waals surface area contributed by atoms with Crippen molar-refractivity contribution in [2.75, 3.05) is 125 Å². The predicted octanol–water partition coefficient (Wildman–Crippen LogP) is -1.57. The molecule has 9 heterocycles. The molecular formula is C45H70N16O22P3+3. The van der Waals surface area contributed by atoms with Crippen LogP contribution in [-0.4, -0.2) is 262 Å². The molecule has 0 radical (unpaired) electrons. The van der Waals surface area contributed by atoms with Gasteiger partial charge in [-0.15, -0.1) is 28.3 Å². The van der Waals surface area contributed by atoms with Crippen molar-refractivity contribution in [3.8, 4) is 0 Å². The van der Waals surface area contributed by atoms with Gasteiger partial charge in [0.1, 0.15) is 72.2 Å². The van der Waals surface area contributed by atoms with Gasteiger partial charge in [0.05, 0.1) is 84.5 Å². The van der Waals surface area contributed by atoms with Crippen LogP contribution >= 0.6 is 24.8 Å². The summed E-state index contributed by atoms with van der Waals surface area (Å²) in [7, 11) is -2.52. The molecule has 6 aromatic heterocycles. The molecule has 6 aromatic rings. The molecule has 0 aliphatic carbocycles. The van der Waals surface area contributed by atoms with E-state index >= 15 is 0 Å². The smallest absolute Gasteiger partial charge is 0.394 e. The van der Waals surface area contributed by atoms with Crippen molar-refractivity contribution in [3.63, 3.8) is 0 Å². The molecule has 0 saturated carbocycles. The number of aliphatic hydroxyl groups is 3. The number of hydrogen-bond acceptors (Lipinski definition) is 32.